The molecule has 0 aliphatic rings. The van der Waals surface area contributed by atoms with E-state index in [2.05, 4.69) is 0 Å². The lowest BCUT2D eigenvalue weighted by Crippen LogP contribution is -2.09. The van der Waals surface area contributed by atoms with E-state index < -0.39 is 0 Å². The standard InChI is InChI=1S/C13H15NO3/c1-3-11-10(7-13(16)17-4-2)5-9(8-14)6-12(11)15/h5-6,15H,3-4,7H2,1-2H3. The number of carbonyl (C=O) groups is 1. The topological polar surface area (TPSA) is 70.3 Å². The van der Waals surface area contributed by atoms with Gasteiger partial charge >= 0.3 is 5.97 Å². The maximum absolute atomic E-state index is 11.4. The van der Waals surface area contributed by atoms with E-state index in [-0.39, 0.29) is 18.1 Å². The van der Waals surface area contributed by atoms with Crippen LogP contribution < -0.4 is 0 Å². The molecule has 0 spiro atoms. The van der Waals surface area contributed by atoms with Crippen molar-refractivity contribution in [2.75, 3.05) is 6.61 Å². The Balaban J connectivity index is 3.08. The third-order valence-corrected chi connectivity index (χ3v) is 2.44. The second-order valence-corrected chi connectivity index (χ2v) is 3.58. The lowest BCUT2D eigenvalue weighted by atomic mass is 9.98. The summed E-state index contributed by atoms with van der Waals surface area (Å²) in [5, 5.41) is 18.6. The van der Waals surface area contributed by atoms with Crippen molar-refractivity contribution in [3.8, 4) is 11.8 Å². The fraction of sp³-hybridized carbons (Fsp3) is 0.385. The molecule has 0 bridgehead atoms. The Hall–Kier alpha value is -2.02. The van der Waals surface area contributed by atoms with E-state index in [1.54, 1.807) is 13.0 Å². The molecule has 90 valence electrons. The molecular formula is C13H15NO3. The van der Waals surface area contributed by atoms with Crippen LogP contribution in [0.4, 0.5) is 0 Å². The Labute approximate surface area is 100 Å². The average Bonchev–Trinajstić information content (AvgIpc) is 2.28. The van der Waals surface area contributed by atoms with Crippen LogP contribution in [0.3, 0.4) is 0 Å². The summed E-state index contributed by atoms with van der Waals surface area (Å²) in [4.78, 5) is 11.4. The van der Waals surface area contributed by atoms with Gasteiger partial charge in [-0.1, -0.05) is 6.92 Å². The Kier molecular flexibility index (Phi) is 4.53. The molecule has 1 aromatic carbocycles. The number of phenols is 1. The number of rotatable bonds is 4. The van der Waals surface area contributed by atoms with Gasteiger partial charge in [0.15, 0.2) is 0 Å². The predicted octanol–water partition coefficient (Wildman–Crippen LogP) is 1.93. The van der Waals surface area contributed by atoms with Crippen molar-refractivity contribution >= 4 is 5.97 Å². The molecule has 17 heavy (non-hydrogen) atoms. The molecular weight excluding hydrogens is 218 g/mol. The average molecular weight is 233 g/mol. The van der Waals surface area contributed by atoms with Gasteiger partial charge in [-0.15, -0.1) is 0 Å². The van der Waals surface area contributed by atoms with Crippen molar-refractivity contribution in [2.45, 2.75) is 26.7 Å². The van der Waals surface area contributed by atoms with Crippen molar-refractivity contribution in [1.82, 2.24) is 0 Å². The van der Waals surface area contributed by atoms with E-state index in [1.807, 2.05) is 13.0 Å². The van der Waals surface area contributed by atoms with Crippen LogP contribution >= 0.6 is 0 Å². The smallest absolute Gasteiger partial charge is 0.310 e. The second kappa shape index (κ2) is 5.90. The molecule has 0 aromatic heterocycles. The van der Waals surface area contributed by atoms with Crippen molar-refractivity contribution in [2.24, 2.45) is 0 Å². The van der Waals surface area contributed by atoms with Gasteiger partial charge in [-0.25, -0.2) is 0 Å². The van der Waals surface area contributed by atoms with Crippen molar-refractivity contribution in [3.05, 3.63) is 28.8 Å². The first-order valence-electron chi connectivity index (χ1n) is 5.52. The monoisotopic (exact) mass is 233 g/mol. The van der Waals surface area contributed by atoms with Gasteiger partial charge in [-0.2, -0.15) is 5.26 Å². The highest BCUT2D eigenvalue weighted by Crippen LogP contribution is 2.24. The molecule has 0 saturated carbocycles. The molecule has 1 rings (SSSR count). The zero-order valence-corrected chi connectivity index (χ0v) is 9.99. The van der Waals surface area contributed by atoms with E-state index in [4.69, 9.17) is 10.00 Å². The first-order chi connectivity index (χ1) is 8.12. The normalized spacial score (nSPS) is 9.71. The molecule has 0 fully saturated rings. The highest BCUT2D eigenvalue weighted by atomic mass is 16.5. The number of nitriles is 1. The van der Waals surface area contributed by atoms with Crippen LogP contribution in [0.5, 0.6) is 5.75 Å². The van der Waals surface area contributed by atoms with Crippen LogP contribution in [-0.2, 0) is 22.4 Å². The summed E-state index contributed by atoms with van der Waals surface area (Å²) in [6.07, 6.45) is 0.687. The van der Waals surface area contributed by atoms with Crippen LogP contribution in [0.25, 0.3) is 0 Å². The van der Waals surface area contributed by atoms with Crippen LogP contribution in [0, 0.1) is 11.3 Å². The molecule has 0 heterocycles. The van der Waals surface area contributed by atoms with Gasteiger partial charge in [0.1, 0.15) is 5.75 Å². The number of esters is 1. The number of carbonyl (C=O) groups excluding carboxylic acids is 1. The quantitative estimate of drug-likeness (QED) is 0.807. The third kappa shape index (κ3) is 3.22. The Morgan fingerprint density at radius 3 is 2.71 bits per heavy atom. The minimum Gasteiger partial charge on any atom is -0.508 e. The van der Waals surface area contributed by atoms with Gasteiger partial charge in [0.05, 0.1) is 24.7 Å². The summed E-state index contributed by atoms with van der Waals surface area (Å²) >= 11 is 0. The van der Waals surface area contributed by atoms with Gasteiger partial charge < -0.3 is 9.84 Å². The van der Waals surface area contributed by atoms with Gasteiger partial charge in [0.25, 0.3) is 0 Å². The number of nitrogens with zero attached hydrogens (tertiary/aromatic N) is 1. The number of benzene rings is 1. The lowest BCUT2D eigenvalue weighted by Gasteiger charge is -2.10. The molecule has 4 nitrogen and oxygen atoms in total. The molecule has 0 atom stereocenters. The molecule has 0 aliphatic heterocycles. The van der Waals surface area contributed by atoms with E-state index in [0.717, 1.165) is 0 Å². The maximum atomic E-state index is 11.4. The summed E-state index contributed by atoms with van der Waals surface area (Å²) in [5.41, 5.74) is 1.69. The van der Waals surface area contributed by atoms with Crippen LogP contribution in [0.15, 0.2) is 12.1 Å². The SMILES string of the molecule is CCOC(=O)Cc1cc(C#N)cc(O)c1CC. The number of phenolic OH excluding ortho intramolecular Hbond substituents is 1. The number of hydrogen-bond acceptors (Lipinski definition) is 4. The summed E-state index contributed by atoms with van der Waals surface area (Å²) in [5.74, 6) is -0.289. The third-order valence-electron chi connectivity index (χ3n) is 2.44. The van der Waals surface area contributed by atoms with E-state index >= 15 is 0 Å². The first kappa shape index (κ1) is 13.0. The number of hydrogen-bond donors (Lipinski definition) is 1. The highest BCUT2D eigenvalue weighted by molar-refractivity contribution is 5.73. The van der Waals surface area contributed by atoms with Gasteiger partial charge in [-0.05, 0) is 36.6 Å². The molecule has 4 heteroatoms. The van der Waals surface area contributed by atoms with Gasteiger partial charge in [0, 0.05) is 0 Å². The zero-order chi connectivity index (χ0) is 12.8. The number of ether oxygens (including phenoxy) is 1. The molecule has 0 amide bonds. The zero-order valence-electron chi connectivity index (χ0n) is 9.99. The fourth-order valence-corrected chi connectivity index (χ4v) is 1.71. The van der Waals surface area contributed by atoms with E-state index in [1.165, 1.54) is 6.07 Å². The van der Waals surface area contributed by atoms with Crippen molar-refractivity contribution in [1.29, 1.82) is 5.26 Å². The first-order valence-corrected chi connectivity index (χ1v) is 5.52. The molecule has 0 unspecified atom stereocenters. The minimum atomic E-state index is -0.350. The summed E-state index contributed by atoms with van der Waals surface area (Å²) in [6, 6.07) is 4.98. The molecule has 0 saturated heterocycles. The number of aromatic hydroxyl groups is 1. The second-order valence-electron chi connectivity index (χ2n) is 3.58. The minimum absolute atomic E-state index is 0.0610. The van der Waals surface area contributed by atoms with Gasteiger partial charge in [0.2, 0.25) is 0 Å². The molecule has 0 radical (unpaired) electrons. The van der Waals surface area contributed by atoms with E-state index in [0.29, 0.717) is 29.7 Å². The predicted molar refractivity (Wildman–Crippen MR) is 62.5 cm³/mol. The lowest BCUT2D eigenvalue weighted by molar-refractivity contribution is -0.142. The van der Waals surface area contributed by atoms with E-state index in [9.17, 15) is 9.90 Å². The molecule has 1 aromatic rings. The largest absolute Gasteiger partial charge is 0.508 e. The Morgan fingerprint density at radius 2 is 2.18 bits per heavy atom. The van der Waals surface area contributed by atoms with Crippen LogP contribution in [0.1, 0.15) is 30.5 Å². The summed E-state index contributed by atoms with van der Waals surface area (Å²) in [6.45, 7) is 3.95. The fourth-order valence-electron chi connectivity index (χ4n) is 1.71. The van der Waals surface area contributed by atoms with Crippen molar-refractivity contribution in [3.63, 3.8) is 0 Å². The Bertz CT molecular complexity index is 460. The maximum Gasteiger partial charge on any atom is 0.310 e. The van der Waals surface area contributed by atoms with Crippen LogP contribution in [0.2, 0.25) is 0 Å². The van der Waals surface area contributed by atoms with Crippen LogP contribution in [-0.4, -0.2) is 17.7 Å². The van der Waals surface area contributed by atoms with Crippen molar-refractivity contribution < 1.29 is 14.6 Å². The Morgan fingerprint density at radius 1 is 1.47 bits per heavy atom. The summed E-state index contributed by atoms with van der Waals surface area (Å²) in [7, 11) is 0. The molecule has 0 aliphatic carbocycles. The van der Waals surface area contributed by atoms with Gasteiger partial charge in [-0.3, -0.25) is 4.79 Å². The molecule has 1 N–H and O–H groups in total. The highest BCUT2D eigenvalue weighted by Gasteiger charge is 2.13. The summed E-state index contributed by atoms with van der Waals surface area (Å²) < 4.78 is 4.86.